The van der Waals surface area contributed by atoms with E-state index < -0.39 is 16.8 Å². The first-order valence-corrected chi connectivity index (χ1v) is 10.00. The molecule has 5 rings (SSSR count). The minimum Gasteiger partial charge on any atom is -0.351 e. The lowest BCUT2D eigenvalue weighted by Crippen LogP contribution is -2.62. The number of halogens is 3. The second-order valence-corrected chi connectivity index (χ2v) is 9.42. The molecule has 4 fully saturated rings. The van der Waals surface area contributed by atoms with E-state index in [-0.39, 0.29) is 24.8 Å². The number of amides is 1. The van der Waals surface area contributed by atoms with Gasteiger partial charge in [0.2, 0.25) is 0 Å². The van der Waals surface area contributed by atoms with Crippen molar-refractivity contribution in [3.63, 3.8) is 0 Å². The van der Waals surface area contributed by atoms with Gasteiger partial charge >= 0.3 is 0 Å². The highest BCUT2D eigenvalue weighted by Gasteiger charge is 2.64. The van der Waals surface area contributed by atoms with Crippen molar-refractivity contribution in [3.8, 4) is 0 Å². The van der Waals surface area contributed by atoms with Crippen LogP contribution in [0.4, 0.5) is 8.78 Å². The van der Waals surface area contributed by atoms with Gasteiger partial charge in [-0.3, -0.25) is 4.79 Å². The van der Waals surface area contributed by atoms with E-state index in [4.69, 9.17) is 11.6 Å². The Balaban J connectivity index is 1.48. The summed E-state index contributed by atoms with van der Waals surface area (Å²) in [6.07, 6.45) is 4.12. The number of carbonyl (C=O) groups is 2. The van der Waals surface area contributed by atoms with Gasteiger partial charge in [0.1, 0.15) is 17.6 Å². The van der Waals surface area contributed by atoms with Gasteiger partial charge in [-0.1, -0.05) is 17.7 Å². The molecule has 4 saturated carbocycles. The number of rotatable bonds is 6. The topological polar surface area (TPSA) is 46.2 Å². The lowest BCUT2D eigenvalue weighted by atomic mass is 9.47. The summed E-state index contributed by atoms with van der Waals surface area (Å²) in [4.78, 5) is 23.2. The zero-order valence-electron chi connectivity index (χ0n) is 15.2. The van der Waals surface area contributed by atoms with Crippen molar-refractivity contribution >= 4 is 23.8 Å². The van der Waals surface area contributed by atoms with Crippen LogP contribution < -0.4 is 5.32 Å². The largest absolute Gasteiger partial charge is 0.351 e. The van der Waals surface area contributed by atoms with Gasteiger partial charge in [-0.05, 0) is 67.6 Å². The van der Waals surface area contributed by atoms with E-state index in [1.807, 2.05) is 0 Å². The molecule has 27 heavy (non-hydrogen) atoms. The Morgan fingerprint density at radius 3 is 2.52 bits per heavy atom. The molecule has 0 aliphatic heterocycles. The first kappa shape index (κ1) is 18.9. The third-order valence-corrected chi connectivity index (χ3v) is 6.83. The lowest BCUT2D eigenvalue weighted by Gasteiger charge is -2.61. The predicted octanol–water partition coefficient (Wildman–Crippen LogP) is 4.60. The Morgan fingerprint density at radius 1 is 1.19 bits per heavy atom. The van der Waals surface area contributed by atoms with E-state index in [9.17, 15) is 9.59 Å². The second kappa shape index (κ2) is 6.54. The van der Waals surface area contributed by atoms with Gasteiger partial charge in [0, 0.05) is 19.4 Å². The molecule has 4 bridgehead atoms. The highest BCUT2D eigenvalue weighted by molar-refractivity contribution is 6.33. The fourth-order valence-corrected chi connectivity index (χ4v) is 6.29. The van der Waals surface area contributed by atoms with Crippen molar-refractivity contribution in [2.45, 2.75) is 62.7 Å². The maximum atomic E-state index is 15.1. The molecule has 0 heterocycles. The summed E-state index contributed by atoms with van der Waals surface area (Å²) in [5.41, 5.74) is -2.15. The van der Waals surface area contributed by atoms with Crippen molar-refractivity contribution < 1.29 is 18.4 Å². The summed E-state index contributed by atoms with van der Waals surface area (Å²) in [5, 5.41) is 3.22. The molecular weight excluding hydrogens is 372 g/mol. The molecule has 1 aromatic carbocycles. The molecule has 1 aromatic rings. The SMILES string of the molecule is O=CCCc1ccc(Cl)c(C(=O)NCC23CC4C[C@@](F)(C2)C[C@](F)(C4)C3)c1. The van der Waals surface area contributed by atoms with Crippen LogP contribution in [0.15, 0.2) is 18.2 Å². The first-order valence-electron chi connectivity index (χ1n) is 9.62. The van der Waals surface area contributed by atoms with Crippen LogP contribution in [0.2, 0.25) is 5.02 Å². The van der Waals surface area contributed by atoms with E-state index >= 15 is 8.78 Å². The molecule has 1 N–H and O–H groups in total. The van der Waals surface area contributed by atoms with Crippen molar-refractivity contribution in [3.05, 3.63) is 34.3 Å². The number of aldehydes is 1. The monoisotopic (exact) mass is 395 g/mol. The third kappa shape index (κ3) is 3.63. The van der Waals surface area contributed by atoms with Crippen LogP contribution in [0.3, 0.4) is 0 Å². The maximum Gasteiger partial charge on any atom is 0.252 e. The molecule has 4 aliphatic carbocycles. The molecule has 0 aromatic heterocycles. The molecule has 2 unspecified atom stereocenters. The number of alkyl halides is 2. The van der Waals surface area contributed by atoms with E-state index in [2.05, 4.69) is 5.32 Å². The minimum atomic E-state index is -1.43. The van der Waals surface area contributed by atoms with Crippen LogP contribution in [0.25, 0.3) is 0 Å². The van der Waals surface area contributed by atoms with Gasteiger partial charge in [0.15, 0.2) is 0 Å². The van der Waals surface area contributed by atoms with Crippen LogP contribution in [0.5, 0.6) is 0 Å². The summed E-state index contributed by atoms with van der Waals surface area (Å²) in [6, 6.07) is 5.13. The molecule has 3 nitrogen and oxygen atoms in total. The molecular formula is C21H24ClF2NO2. The molecule has 146 valence electrons. The zero-order valence-corrected chi connectivity index (χ0v) is 16.0. The number of hydrogen-bond acceptors (Lipinski definition) is 2. The summed E-state index contributed by atoms with van der Waals surface area (Å²) in [5.74, 6) is -0.257. The summed E-state index contributed by atoms with van der Waals surface area (Å²) >= 11 is 6.17. The predicted molar refractivity (Wildman–Crippen MR) is 99.5 cm³/mol. The van der Waals surface area contributed by atoms with Crippen molar-refractivity contribution in [1.29, 1.82) is 0 Å². The molecule has 0 radical (unpaired) electrons. The van der Waals surface area contributed by atoms with Crippen molar-refractivity contribution in [2.75, 3.05) is 6.54 Å². The molecule has 6 heteroatoms. The molecule has 4 atom stereocenters. The van der Waals surface area contributed by atoms with Crippen LogP contribution in [-0.4, -0.2) is 30.1 Å². The van der Waals surface area contributed by atoms with Gasteiger partial charge in [-0.2, -0.15) is 0 Å². The number of carbonyl (C=O) groups excluding carboxylic acids is 2. The fraction of sp³-hybridized carbons (Fsp3) is 0.619. The number of nitrogens with one attached hydrogen (secondary N) is 1. The maximum absolute atomic E-state index is 15.1. The van der Waals surface area contributed by atoms with Gasteiger partial charge < -0.3 is 10.1 Å². The standard InChI is InChI=1S/C21H24ClF2NO2/c22-17-4-3-14(2-1-5-26)6-16(17)18(27)25-13-19-7-15-8-20(23,10-19)12-21(24,9-15)11-19/h3-6,15H,1-2,7-13H2,(H,25,27)/t15?,19?,20-,21+. The van der Waals surface area contributed by atoms with Crippen LogP contribution >= 0.6 is 11.6 Å². The molecule has 0 saturated heterocycles. The zero-order chi connectivity index (χ0) is 19.3. The van der Waals surface area contributed by atoms with E-state index in [1.54, 1.807) is 18.2 Å². The number of hydrogen-bond donors (Lipinski definition) is 1. The Kier molecular flexibility index (Phi) is 4.57. The van der Waals surface area contributed by atoms with Crippen molar-refractivity contribution in [2.24, 2.45) is 11.3 Å². The van der Waals surface area contributed by atoms with Crippen molar-refractivity contribution in [1.82, 2.24) is 5.32 Å². The Labute approximate surface area is 162 Å². The Morgan fingerprint density at radius 2 is 1.89 bits per heavy atom. The smallest absolute Gasteiger partial charge is 0.252 e. The van der Waals surface area contributed by atoms with Crippen LogP contribution in [-0.2, 0) is 11.2 Å². The number of aryl methyl sites for hydroxylation is 1. The average molecular weight is 396 g/mol. The third-order valence-electron chi connectivity index (χ3n) is 6.50. The second-order valence-electron chi connectivity index (χ2n) is 9.01. The van der Waals surface area contributed by atoms with Gasteiger partial charge in [-0.15, -0.1) is 0 Å². The average Bonchev–Trinajstić information content (AvgIpc) is 2.56. The first-order chi connectivity index (χ1) is 12.7. The molecule has 1 amide bonds. The highest BCUT2D eigenvalue weighted by Crippen LogP contribution is 2.65. The van der Waals surface area contributed by atoms with Gasteiger partial charge in [0.25, 0.3) is 5.91 Å². The van der Waals surface area contributed by atoms with Gasteiger partial charge in [0.05, 0.1) is 10.6 Å². The normalized spacial score (nSPS) is 36.6. The quantitative estimate of drug-likeness (QED) is 0.715. The van der Waals surface area contributed by atoms with E-state index in [1.165, 1.54) is 0 Å². The molecule has 4 aliphatic rings. The number of benzene rings is 1. The van der Waals surface area contributed by atoms with E-state index in [0.29, 0.717) is 49.1 Å². The fourth-order valence-electron chi connectivity index (χ4n) is 6.08. The lowest BCUT2D eigenvalue weighted by molar-refractivity contribution is -0.172. The molecule has 0 spiro atoms. The summed E-state index contributed by atoms with van der Waals surface area (Å²) in [7, 11) is 0. The highest BCUT2D eigenvalue weighted by atomic mass is 35.5. The summed E-state index contributed by atoms with van der Waals surface area (Å²) < 4.78 is 30.1. The Bertz CT molecular complexity index is 765. The van der Waals surface area contributed by atoms with Crippen LogP contribution in [0, 0.1) is 11.3 Å². The summed E-state index contributed by atoms with van der Waals surface area (Å²) in [6.45, 7) is 0.272. The minimum absolute atomic E-state index is 0.0107. The van der Waals surface area contributed by atoms with E-state index in [0.717, 1.165) is 18.3 Å². The van der Waals surface area contributed by atoms with Gasteiger partial charge in [-0.25, -0.2) is 8.78 Å². The van der Waals surface area contributed by atoms with Crippen LogP contribution in [0.1, 0.15) is 60.9 Å². The Hall–Kier alpha value is -1.49.